The monoisotopic (exact) mass is 365 g/mol. The zero-order valence-electron chi connectivity index (χ0n) is 15.5. The Bertz CT molecular complexity index is 964. The van der Waals surface area contributed by atoms with E-state index in [-0.39, 0.29) is 11.9 Å². The third kappa shape index (κ3) is 3.01. The lowest BCUT2D eigenvalue weighted by Crippen LogP contribution is -2.36. The maximum absolute atomic E-state index is 13.3. The van der Waals surface area contributed by atoms with Gasteiger partial charge < -0.3 is 4.90 Å². The number of benzene rings is 1. The minimum Gasteiger partial charge on any atom is -0.335 e. The number of carbonyl (C=O) groups is 1. The Hall–Kier alpha value is -2.27. The minimum atomic E-state index is 0.154. The number of aromatic nitrogens is 2. The molecule has 0 aliphatic carbocycles. The molecule has 26 heavy (non-hydrogen) atoms. The van der Waals surface area contributed by atoms with Crippen molar-refractivity contribution in [3.05, 3.63) is 57.9 Å². The summed E-state index contributed by atoms with van der Waals surface area (Å²) < 4.78 is 0. The van der Waals surface area contributed by atoms with Gasteiger partial charge in [0.25, 0.3) is 5.91 Å². The number of carbonyl (C=O) groups excluding carboxylic acids is 1. The number of thiophene rings is 1. The number of nitrogens with zero attached hydrogens (tertiary/aromatic N) is 3. The van der Waals surface area contributed by atoms with Crippen LogP contribution in [0.3, 0.4) is 0 Å². The fraction of sp³-hybridized carbons (Fsp3) is 0.381. The first-order valence-corrected chi connectivity index (χ1v) is 9.95. The van der Waals surface area contributed by atoms with Gasteiger partial charge in [-0.3, -0.25) is 4.79 Å². The van der Waals surface area contributed by atoms with Gasteiger partial charge in [0, 0.05) is 23.7 Å². The predicted molar refractivity (Wildman–Crippen MR) is 106 cm³/mol. The van der Waals surface area contributed by atoms with Crippen molar-refractivity contribution in [3.8, 4) is 0 Å². The molecular formula is C21H23N3OS. The lowest BCUT2D eigenvalue weighted by Gasteiger charge is -2.24. The van der Waals surface area contributed by atoms with Crippen LogP contribution in [0.15, 0.2) is 30.3 Å². The van der Waals surface area contributed by atoms with E-state index in [2.05, 4.69) is 39.1 Å². The van der Waals surface area contributed by atoms with Crippen LogP contribution in [-0.2, 0) is 6.42 Å². The summed E-state index contributed by atoms with van der Waals surface area (Å²) in [7, 11) is 0. The SMILES string of the molecule is Cc1nc(C)c2c(C)c(C(=O)N3CCCC3Cc3ccccc3)sc2n1. The summed E-state index contributed by atoms with van der Waals surface area (Å²) in [6, 6.07) is 10.7. The number of likely N-dealkylation sites (tertiary alicyclic amines) is 1. The Morgan fingerprint density at radius 2 is 1.96 bits per heavy atom. The van der Waals surface area contributed by atoms with Crippen molar-refractivity contribution in [2.24, 2.45) is 0 Å². The average Bonchev–Trinajstić information content (AvgIpc) is 3.20. The molecule has 134 valence electrons. The fourth-order valence-corrected chi connectivity index (χ4v) is 5.24. The normalized spacial score (nSPS) is 17.2. The van der Waals surface area contributed by atoms with E-state index in [0.717, 1.165) is 58.0 Å². The molecule has 2 aromatic heterocycles. The molecule has 1 aliphatic rings. The minimum absolute atomic E-state index is 0.154. The van der Waals surface area contributed by atoms with Gasteiger partial charge in [0.2, 0.25) is 0 Å². The molecule has 1 aromatic carbocycles. The smallest absolute Gasteiger partial charge is 0.264 e. The molecule has 0 spiro atoms. The topological polar surface area (TPSA) is 46.1 Å². The zero-order valence-corrected chi connectivity index (χ0v) is 16.3. The maximum atomic E-state index is 13.3. The van der Waals surface area contributed by atoms with Crippen molar-refractivity contribution in [1.29, 1.82) is 0 Å². The molecule has 4 rings (SSSR count). The highest BCUT2D eigenvalue weighted by atomic mass is 32.1. The number of hydrogen-bond donors (Lipinski definition) is 0. The van der Waals surface area contributed by atoms with Crippen molar-refractivity contribution in [1.82, 2.24) is 14.9 Å². The van der Waals surface area contributed by atoms with Crippen LogP contribution >= 0.6 is 11.3 Å². The highest BCUT2D eigenvalue weighted by molar-refractivity contribution is 7.20. The van der Waals surface area contributed by atoms with Crippen molar-refractivity contribution in [3.63, 3.8) is 0 Å². The first-order valence-electron chi connectivity index (χ1n) is 9.14. The Morgan fingerprint density at radius 3 is 2.73 bits per heavy atom. The summed E-state index contributed by atoms with van der Waals surface area (Å²) in [5.74, 6) is 0.916. The van der Waals surface area contributed by atoms with Crippen LogP contribution in [0.2, 0.25) is 0 Å². The molecular weight excluding hydrogens is 342 g/mol. The molecule has 1 saturated heterocycles. The van der Waals surface area contributed by atoms with E-state index in [1.54, 1.807) is 0 Å². The predicted octanol–water partition coefficient (Wildman–Crippen LogP) is 4.46. The molecule has 0 N–H and O–H groups in total. The molecule has 1 atom stereocenters. The Labute approximate surface area is 157 Å². The molecule has 1 aliphatic heterocycles. The largest absolute Gasteiger partial charge is 0.335 e. The van der Waals surface area contributed by atoms with Crippen molar-refractivity contribution < 1.29 is 4.79 Å². The molecule has 5 heteroatoms. The summed E-state index contributed by atoms with van der Waals surface area (Å²) >= 11 is 1.51. The summed E-state index contributed by atoms with van der Waals surface area (Å²) in [6.45, 7) is 6.77. The van der Waals surface area contributed by atoms with E-state index in [9.17, 15) is 4.79 Å². The van der Waals surface area contributed by atoms with Crippen LogP contribution in [0, 0.1) is 20.8 Å². The summed E-state index contributed by atoms with van der Waals surface area (Å²) in [5.41, 5.74) is 3.28. The zero-order chi connectivity index (χ0) is 18.3. The lowest BCUT2D eigenvalue weighted by atomic mass is 10.0. The molecule has 0 bridgehead atoms. The van der Waals surface area contributed by atoms with Gasteiger partial charge >= 0.3 is 0 Å². The van der Waals surface area contributed by atoms with Gasteiger partial charge in [-0.25, -0.2) is 9.97 Å². The average molecular weight is 366 g/mol. The molecule has 0 radical (unpaired) electrons. The molecule has 0 saturated carbocycles. The lowest BCUT2D eigenvalue weighted by molar-refractivity contribution is 0.0741. The Morgan fingerprint density at radius 1 is 1.19 bits per heavy atom. The number of rotatable bonds is 3. The van der Waals surface area contributed by atoms with E-state index in [0.29, 0.717) is 0 Å². The van der Waals surface area contributed by atoms with Crippen LogP contribution in [0.4, 0.5) is 0 Å². The van der Waals surface area contributed by atoms with Gasteiger partial charge in [-0.1, -0.05) is 30.3 Å². The molecule has 4 nitrogen and oxygen atoms in total. The highest BCUT2D eigenvalue weighted by Crippen LogP contribution is 2.34. The Balaban J connectivity index is 1.65. The van der Waals surface area contributed by atoms with E-state index in [4.69, 9.17) is 0 Å². The molecule has 1 amide bonds. The second-order valence-corrected chi connectivity index (χ2v) is 8.08. The number of aryl methyl sites for hydroxylation is 3. The van der Waals surface area contributed by atoms with Crippen LogP contribution in [0.1, 0.15) is 45.2 Å². The molecule has 1 unspecified atom stereocenters. The summed E-state index contributed by atoms with van der Waals surface area (Å²) in [5, 5.41) is 1.04. The van der Waals surface area contributed by atoms with Gasteiger partial charge in [0.1, 0.15) is 10.7 Å². The van der Waals surface area contributed by atoms with Gasteiger partial charge in [-0.2, -0.15) is 0 Å². The third-order valence-corrected chi connectivity index (χ3v) is 6.40. The third-order valence-electron chi connectivity index (χ3n) is 5.23. The van der Waals surface area contributed by atoms with Gasteiger partial charge in [0.05, 0.1) is 4.88 Å². The van der Waals surface area contributed by atoms with E-state index in [1.807, 2.05) is 26.8 Å². The molecule has 3 heterocycles. The summed E-state index contributed by atoms with van der Waals surface area (Å²) in [6.07, 6.45) is 3.07. The van der Waals surface area contributed by atoms with E-state index in [1.165, 1.54) is 16.9 Å². The van der Waals surface area contributed by atoms with Crippen LogP contribution in [0.25, 0.3) is 10.2 Å². The van der Waals surface area contributed by atoms with Gasteiger partial charge in [0.15, 0.2) is 0 Å². The first-order chi connectivity index (χ1) is 12.5. The van der Waals surface area contributed by atoms with Crippen molar-refractivity contribution in [2.75, 3.05) is 6.54 Å². The first kappa shape index (κ1) is 17.2. The summed E-state index contributed by atoms with van der Waals surface area (Å²) in [4.78, 5) is 26.2. The highest BCUT2D eigenvalue weighted by Gasteiger charge is 2.32. The van der Waals surface area contributed by atoms with Gasteiger partial charge in [-0.15, -0.1) is 11.3 Å². The van der Waals surface area contributed by atoms with Gasteiger partial charge in [-0.05, 0) is 51.2 Å². The fourth-order valence-electron chi connectivity index (χ4n) is 4.01. The Kier molecular flexibility index (Phi) is 4.49. The maximum Gasteiger partial charge on any atom is 0.264 e. The van der Waals surface area contributed by atoms with Crippen LogP contribution in [-0.4, -0.2) is 33.4 Å². The number of hydrogen-bond acceptors (Lipinski definition) is 4. The second kappa shape index (κ2) is 6.80. The van der Waals surface area contributed by atoms with Crippen LogP contribution in [0.5, 0.6) is 0 Å². The van der Waals surface area contributed by atoms with E-state index >= 15 is 0 Å². The van der Waals surface area contributed by atoms with Crippen LogP contribution < -0.4 is 0 Å². The molecule has 3 aromatic rings. The second-order valence-electron chi connectivity index (χ2n) is 7.08. The molecule has 1 fully saturated rings. The number of amides is 1. The van der Waals surface area contributed by atoms with Crippen molar-refractivity contribution in [2.45, 2.75) is 46.1 Å². The standard InChI is InChI=1S/C21H23N3OS/c1-13-18-14(2)22-15(3)23-20(18)26-19(13)21(25)24-11-7-10-17(24)12-16-8-5-4-6-9-16/h4-6,8-9,17H,7,10-12H2,1-3H3. The van der Waals surface area contributed by atoms with E-state index < -0.39 is 0 Å². The number of fused-ring (bicyclic) bond motifs is 1. The van der Waals surface area contributed by atoms with Crippen molar-refractivity contribution >= 4 is 27.5 Å². The quantitative estimate of drug-likeness (QED) is 0.688.